The molecule has 0 aliphatic heterocycles. The van der Waals surface area contributed by atoms with Gasteiger partial charge in [0.1, 0.15) is 6.67 Å². The molecular formula is C10H10ClFO. The second kappa shape index (κ2) is 4.38. The second-order valence-electron chi connectivity index (χ2n) is 2.76. The molecule has 0 fully saturated rings. The van der Waals surface area contributed by atoms with E-state index in [-0.39, 0.29) is 5.78 Å². The third-order valence-corrected chi connectivity index (χ3v) is 1.97. The number of rotatable bonds is 3. The molecule has 0 N–H and O–H groups in total. The van der Waals surface area contributed by atoms with Crippen LogP contribution in [0.1, 0.15) is 29.3 Å². The largest absolute Gasteiger partial charge is 0.294 e. The van der Waals surface area contributed by atoms with E-state index in [1.807, 2.05) is 0 Å². The Morgan fingerprint density at radius 3 is 2.69 bits per heavy atom. The monoisotopic (exact) mass is 200 g/mol. The Kier molecular flexibility index (Phi) is 3.43. The van der Waals surface area contributed by atoms with Crippen LogP contribution in [0.25, 0.3) is 0 Å². The predicted molar refractivity (Wildman–Crippen MR) is 50.9 cm³/mol. The molecule has 0 amide bonds. The molecular weight excluding hydrogens is 191 g/mol. The molecule has 0 bridgehead atoms. The van der Waals surface area contributed by atoms with Crippen LogP contribution in [0.5, 0.6) is 0 Å². The van der Waals surface area contributed by atoms with Crippen LogP contribution in [0.4, 0.5) is 4.39 Å². The van der Waals surface area contributed by atoms with Gasteiger partial charge in [-0.15, -0.1) is 0 Å². The Morgan fingerprint density at radius 1 is 1.46 bits per heavy atom. The smallest absolute Gasteiger partial charge is 0.162 e. The molecule has 0 heterocycles. The fourth-order valence-electron chi connectivity index (χ4n) is 1.09. The number of Topliss-reactive ketones (excluding diaryl/α,β-unsaturated/α-hetero) is 1. The number of benzene rings is 1. The maximum atomic E-state index is 12.3. The van der Waals surface area contributed by atoms with E-state index < -0.39 is 6.67 Å². The first-order chi connectivity index (χ1) is 6.17. The van der Waals surface area contributed by atoms with Crippen LogP contribution in [-0.2, 0) is 6.67 Å². The van der Waals surface area contributed by atoms with Gasteiger partial charge in [-0.2, -0.15) is 0 Å². The molecule has 0 saturated heterocycles. The molecule has 3 heteroatoms. The minimum atomic E-state index is -0.593. The average Bonchev–Trinajstić information content (AvgIpc) is 2.15. The number of alkyl halides is 1. The molecule has 1 nitrogen and oxygen atoms in total. The van der Waals surface area contributed by atoms with Crippen LogP contribution in [0.3, 0.4) is 0 Å². The van der Waals surface area contributed by atoms with Crippen LogP contribution in [0, 0.1) is 0 Å². The first kappa shape index (κ1) is 10.2. The van der Waals surface area contributed by atoms with Crippen molar-refractivity contribution < 1.29 is 9.18 Å². The fourth-order valence-corrected chi connectivity index (χ4v) is 1.35. The zero-order chi connectivity index (χ0) is 9.84. The van der Waals surface area contributed by atoms with E-state index in [4.69, 9.17) is 11.6 Å². The molecule has 1 aromatic rings. The van der Waals surface area contributed by atoms with Crippen molar-refractivity contribution in [2.24, 2.45) is 0 Å². The Bertz CT molecular complexity index is 323. The van der Waals surface area contributed by atoms with Gasteiger partial charge in [0.25, 0.3) is 0 Å². The zero-order valence-corrected chi connectivity index (χ0v) is 8.07. The van der Waals surface area contributed by atoms with Gasteiger partial charge in [-0.05, 0) is 23.8 Å². The van der Waals surface area contributed by atoms with Gasteiger partial charge in [0.05, 0.1) is 0 Å². The van der Waals surface area contributed by atoms with E-state index in [2.05, 4.69) is 0 Å². The molecule has 0 atom stereocenters. The lowest BCUT2D eigenvalue weighted by atomic mass is 10.1. The fraction of sp³-hybridized carbons (Fsp3) is 0.300. The highest BCUT2D eigenvalue weighted by Gasteiger charge is 2.05. The van der Waals surface area contributed by atoms with Gasteiger partial charge in [-0.1, -0.05) is 18.5 Å². The van der Waals surface area contributed by atoms with E-state index in [0.717, 1.165) is 0 Å². The Hall–Kier alpha value is -0.890. The number of carbonyl (C=O) groups is 1. The first-order valence-corrected chi connectivity index (χ1v) is 4.43. The van der Waals surface area contributed by atoms with Crippen LogP contribution in [0.15, 0.2) is 18.2 Å². The number of ketones is 1. The van der Waals surface area contributed by atoms with Gasteiger partial charge in [0.2, 0.25) is 0 Å². The van der Waals surface area contributed by atoms with Crippen molar-refractivity contribution in [1.82, 2.24) is 0 Å². The Balaban J connectivity index is 3.08. The minimum absolute atomic E-state index is 0.0165. The lowest BCUT2D eigenvalue weighted by Crippen LogP contribution is -1.97. The standard InChI is InChI=1S/C10H10ClFO/c1-2-10(13)8-3-7(6-12)4-9(11)5-8/h3-5H,2,6H2,1H3. The number of hydrogen-bond donors (Lipinski definition) is 0. The van der Waals surface area contributed by atoms with Gasteiger partial charge in [0.15, 0.2) is 5.78 Å². The van der Waals surface area contributed by atoms with Crippen molar-refractivity contribution in [3.05, 3.63) is 34.3 Å². The summed E-state index contributed by atoms with van der Waals surface area (Å²) in [4.78, 5) is 11.3. The van der Waals surface area contributed by atoms with Crippen molar-refractivity contribution in [1.29, 1.82) is 0 Å². The van der Waals surface area contributed by atoms with E-state index >= 15 is 0 Å². The quantitative estimate of drug-likeness (QED) is 0.684. The normalized spacial score (nSPS) is 10.1. The summed E-state index contributed by atoms with van der Waals surface area (Å²) in [6.45, 7) is 1.17. The summed E-state index contributed by atoms with van der Waals surface area (Å²) in [7, 11) is 0. The Morgan fingerprint density at radius 2 is 2.15 bits per heavy atom. The van der Waals surface area contributed by atoms with Crippen molar-refractivity contribution in [3.8, 4) is 0 Å². The van der Waals surface area contributed by atoms with Gasteiger partial charge >= 0.3 is 0 Å². The molecule has 0 unspecified atom stereocenters. The average molecular weight is 201 g/mol. The SMILES string of the molecule is CCC(=O)c1cc(Cl)cc(CF)c1. The predicted octanol–water partition coefficient (Wildman–Crippen LogP) is 3.40. The molecule has 0 aliphatic rings. The topological polar surface area (TPSA) is 17.1 Å². The van der Waals surface area contributed by atoms with Gasteiger partial charge in [-0.3, -0.25) is 4.79 Å². The molecule has 0 spiro atoms. The lowest BCUT2D eigenvalue weighted by Gasteiger charge is -2.01. The molecule has 70 valence electrons. The van der Waals surface area contributed by atoms with Gasteiger partial charge < -0.3 is 0 Å². The molecule has 1 rings (SSSR count). The van der Waals surface area contributed by atoms with Crippen molar-refractivity contribution in [2.45, 2.75) is 20.0 Å². The summed E-state index contributed by atoms with van der Waals surface area (Å²) < 4.78 is 12.3. The van der Waals surface area contributed by atoms with Crippen LogP contribution >= 0.6 is 11.6 Å². The summed E-state index contributed by atoms with van der Waals surface area (Å²) in [6.07, 6.45) is 0.409. The van der Waals surface area contributed by atoms with Crippen molar-refractivity contribution in [3.63, 3.8) is 0 Å². The van der Waals surface area contributed by atoms with Crippen molar-refractivity contribution >= 4 is 17.4 Å². The number of hydrogen-bond acceptors (Lipinski definition) is 1. The molecule has 13 heavy (non-hydrogen) atoms. The van der Waals surface area contributed by atoms with Gasteiger partial charge in [-0.25, -0.2) is 4.39 Å². The maximum absolute atomic E-state index is 12.3. The Labute approximate surface area is 81.5 Å². The summed E-state index contributed by atoms with van der Waals surface area (Å²) in [5, 5.41) is 0.409. The third kappa shape index (κ3) is 2.52. The van der Waals surface area contributed by atoms with E-state index in [1.165, 1.54) is 12.1 Å². The van der Waals surface area contributed by atoms with Crippen molar-refractivity contribution in [2.75, 3.05) is 0 Å². The zero-order valence-electron chi connectivity index (χ0n) is 7.31. The van der Waals surface area contributed by atoms with Crippen LogP contribution < -0.4 is 0 Å². The molecule has 0 aromatic heterocycles. The second-order valence-corrected chi connectivity index (χ2v) is 3.19. The highest BCUT2D eigenvalue weighted by Crippen LogP contribution is 2.17. The molecule has 0 saturated carbocycles. The summed E-state index contributed by atoms with van der Waals surface area (Å²) >= 11 is 5.71. The van der Waals surface area contributed by atoms with Crippen LogP contribution in [0.2, 0.25) is 5.02 Å². The molecule has 0 aliphatic carbocycles. The molecule has 1 aromatic carbocycles. The number of carbonyl (C=O) groups excluding carboxylic acids is 1. The first-order valence-electron chi connectivity index (χ1n) is 4.06. The minimum Gasteiger partial charge on any atom is -0.294 e. The van der Waals surface area contributed by atoms with Crippen LogP contribution in [-0.4, -0.2) is 5.78 Å². The molecule has 0 radical (unpaired) electrons. The summed E-state index contributed by atoms with van der Waals surface area (Å²) in [6, 6.07) is 4.62. The highest BCUT2D eigenvalue weighted by atomic mass is 35.5. The number of halogens is 2. The summed E-state index contributed by atoms with van der Waals surface area (Å²) in [5.74, 6) is -0.0165. The third-order valence-electron chi connectivity index (χ3n) is 1.75. The summed E-state index contributed by atoms with van der Waals surface area (Å²) in [5.41, 5.74) is 0.937. The van der Waals surface area contributed by atoms with E-state index in [0.29, 0.717) is 22.6 Å². The lowest BCUT2D eigenvalue weighted by molar-refractivity contribution is 0.0988. The van der Waals surface area contributed by atoms with Gasteiger partial charge in [0, 0.05) is 17.0 Å². The van der Waals surface area contributed by atoms with E-state index in [9.17, 15) is 9.18 Å². The highest BCUT2D eigenvalue weighted by molar-refractivity contribution is 6.31. The van der Waals surface area contributed by atoms with E-state index in [1.54, 1.807) is 13.0 Å². The maximum Gasteiger partial charge on any atom is 0.162 e.